The number of hydrogen-bond donors (Lipinski definition) is 3. The molecule has 0 unspecified atom stereocenters. The number of nitrogens with two attached hydrogens (primary N) is 1. The van der Waals surface area contributed by atoms with Crippen molar-refractivity contribution in [3.05, 3.63) is 28.3 Å². The molecule has 106 valence electrons. The zero-order valence-electron chi connectivity index (χ0n) is 11.0. The summed E-state index contributed by atoms with van der Waals surface area (Å²) in [7, 11) is 1.68. The number of hydrogen-bond acceptors (Lipinski definition) is 6. The summed E-state index contributed by atoms with van der Waals surface area (Å²) in [4.78, 5) is 10.3. The molecule has 0 bridgehead atoms. The first-order valence-corrected chi connectivity index (χ1v) is 6.16. The molecule has 7 heteroatoms. The minimum atomic E-state index is -0.440. The lowest BCUT2D eigenvalue weighted by Crippen LogP contribution is -2.08. The number of rotatable bonds is 9. The van der Waals surface area contributed by atoms with Gasteiger partial charge in [-0.1, -0.05) is 0 Å². The van der Waals surface area contributed by atoms with Crippen LogP contribution in [0.25, 0.3) is 0 Å². The first kappa shape index (κ1) is 15.2. The van der Waals surface area contributed by atoms with Crippen LogP contribution in [0.3, 0.4) is 0 Å². The van der Waals surface area contributed by atoms with Gasteiger partial charge >= 0.3 is 0 Å². The Bertz CT molecular complexity index is 412. The van der Waals surface area contributed by atoms with Crippen LogP contribution in [0, 0.1) is 10.1 Å². The summed E-state index contributed by atoms with van der Waals surface area (Å²) < 4.78 is 4.96. The molecule has 0 saturated heterocycles. The molecule has 1 aromatic rings. The average Bonchev–Trinajstić information content (AvgIpc) is 2.42. The lowest BCUT2D eigenvalue weighted by Gasteiger charge is -2.08. The van der Waals surface area contributed by atoms with Gasteiger partial charge in [0.2, 0.25) is 0 Å². The Hall–Kier alpha value is -1.86. The van der Waals surface area contributed by atoms with E-state index in [2.05, 4.69) is 10.7 Å². The van der Waals surface area contributed by atoms with E-state index >= 15 is 0 Å². The van der Waals surface area contributed by atoms with Crippen LogP contribution in [-0.4, -0.2) is 25.2 Å². The van der Waals surface area contributed by atoms with Crippen LogP contribution >= 0.6 is 0 Å². The van der Waals surface area contributed by atoms with Crippen molar-refractivity contribution in [3.63, 3.8) is 0 Å². The predicted molar refractivity (Wildman–Crippen MR) is 75.1 cm³/mol. The van der Waals surface area contributed by atoms with E-state index in [1.807, 2.05) is 0 Å². The zero-order valence-corrected chi connectivity index (χ0v) is 11.0. The van der Waals surface area contributed by atoms with Crippen LogP contribution in [0.4, 0.5) is 17.1 Å². The number of non-ortho nitro benzene ring substituents is 1. The highest BCUT2D eigenvalue weighted by Gasteiger charge is 2.08. The van der Waals surface area contributed by atoms with Crippen LogP contribution in [0.15, 0.2) is 18.2 Å². The van der Waals surface area contributed by atoms with E-state index in [1.165, 1.54) is 12.1 Å². The van der Waals surface area contributed by atoms with Crippen LogP contribution in [-0.2, 0) is 4.74 Å². The third kappa shape index (κ3) is 5.54. The number of nitro benzene ring substituents is 1. The maximum atomic E-state index is 10.8. The quantitative estimate of drug-likeness (QED) is 0.274. The van der Waals surface area contributed by atoms with E-state index in [0.29, 0.717) is 11.4 Å². The normalized spacial score (nSPS) is 10.2. The van der Waals surface area contributed by atoms with E-state index in [0.717, 1.165) is 32.4 Å². The van der Waals surface area contributed by atoms with Gasteiger partial charge in [-0.15, -0.1) is 0 Å². The molecule has 0 radical (unpaired) electrons. The third-order valence-corrected chi connectivity index (χ3v) is 2.65. The van der Waals surface area contributed by atoms with Crippen molar-refractivity contribution in [2.45, 2.75) is 19.3 Å². The van der Waals surface area contributed by atoms with Crippen LogP contribution in [0.2, 0.25) is 0 Å². The molecule has 0 aromatic heterocycles. The standard InChI is InChI=1S/C12H20N4O3/c1-19-6-4-2-3-5-14-10-7-11(15-13)9-12(8-10)16(17)18/h7-9,14-15H,2-6,13H2,1H3. The Labute approximate surface area is 112 Å². The van der Waals surface area contributed by atoms with Gasteiger partial charge in [-0.2, -0.15) is 0 Å². The monoisotopic (exact) mass is 268 g/mol. The van der Waals surface area contributed by atoms with Gasteiger partial charge < -0.3 is 15.5 Å². The fraction of sp³-hybridized carbons (Fsp3) is 0.500. The van der Waals surface area contributed by atoms with Gasteiger partial charge in [0.15, 0.2) is 0 Å². The SMILES string of the molecule is COCCCCCNc1cc(NN)cc([N+](=O)[O-])c1. The smallest absolute Gasteiger partial charge is 0.273 e. The summed E-state index contributed by atoms with van der Waals surface area (Å²) in [6, 6.07) is 4.63. The minimum absolute atomic E-state index is 0.0114. The second-order valence-corrected chi connectivity index (χ2v) is 4.15. The summed E-state index contributed by atoms with van der Waals surface area (Å²) >= 11 is 0. The molecule has 0 fully saturated rings. The molecule has 4 N–H and O–H groups in total. The number of nitro groups is 1. The van der Waals surface area contributed by atoms with Gasteiger partial charge in [-0.3, -0.25) is 16.0 Å². The van der Waals surface area contributed by atoms with Crippen molar-refractivity contribution < 1.29 is 9.66 Å². The number of unbranched alkanes of at least 4 members (excludes halogenated alkanes) is 2. The van der Waals surface area contributed by atoms with E-state index in [-0.39, 0.29) is 5.69 Å². The number of nitrogen functional groups attached to an aromatic ring is 1. The summed E-state index contributed by atoms with van der Waals surface area (Å²) in [5, 5.41) is 13.9. The van der Waals surface area contributed by atoms with Crippen LogP contribution < -0.4 is 16.6 Å². The maximum Gasteiger partial charge on any atom is 0.273 e. The van der Waals surface area contributed by atoms with Crippen molar-refractivity contribution in [1.29, 1.82) is 0 Å². The molecule has 0 heterocycles. The molecule has 1 aromatic carbocycles. The number of nitrogens with one attached hydrogen (secondary N) is 2. The number of nitrogens with zero attached hydrogens (tertiary/aromatic N) is 1. The predicted octanol–water partition coefficient (Wildman–Crippen LogP) is 2.11. The van der Waals surface area contributed by atoms with Crippen molar-refractivity contribution in [2.75, 3.05) is 31.0 Å². The highest BCUT2D eigenvalue weighted by molar-refractivity contribution is 5.63. The summed E-state index contributed by atoms with van der Waals surface area (Å²) in [6.45, 7) is 1.52. The highest BCUT2D eigenvalue weighted by Crippen LogP contribution is 2.23. The lowest BCUT2D eigenvalue weighted by atomic mass is 10.2. The van der Waals surface area contributed by atoms with E-state index in [4.69, 9.17) is 10.6 Å². The molecule has 0 spiro atoms. The van der Waals surface area contributed by atoms with Crippen LogP contribution in [0.1, 0.15) is 19.3 Å². The Morgan fingerprint density at radius 1 is 1.26 bits per heavy atom. The molecule has 0 aliphatic rings. The molecular weight excluding hydrogens is 248 g/mol. The van der Waals surface area contributed by atoms with Gasteiger partial charge in [0.05, 0.1) is 10.6 Å². The molecule has 1 rings (SSSR count). The van der Waals surface area contributed by atoms with Crippen molar-refractivity contribution in [2.24, 2.45) is 5.84 Å². The van der Waals surface area contributed by atoms with Gasteiger partial charge in [0, 0.05) is 38.1 Å². The number of anilines is 2. The van der Waals surface area contributed by atoms with Crippen molar-refractivity contribution in [3.8, 4) is 0 Å². The van der Waals surface area contributed by atoms with Gasteiger partial charge in [0.1, 0.15) is 0 Å². The lowest BCUT2D eigenvalue weighted by molar-refractivity contribution is -0.384. The van der Waals surface area contributed by atoms with Gasteiger partial charge in [0.25, 0.3) is 5.69 Å². The fourth-order valence-corrected chi connectivity index (χ4v) is 1.68. The maximum absolute atomic E-state index is 10.8. The Balaban J connectivity index is 2.48. The molecule has 0 atom stereocenters. The Kier molecular flexibility index (Phi) is 6.62. The Morgan fingerprint density at radius 3 is 2.63 bits per heavy atom. The van der Waals surface area contributed by atoms with Gasteiger partial charge in [-0.05, 0) is 25.3 Å². The van der Waals surface area contributed by atoms with E-state index < -0.39 is 4.92 Å². The molecule has 0 saturated carbocycles. The van der Waals surface area contributed by atoms with Crippen molar-refractivity contribution in [1.82, 2.24) is 0 Å². The summed E-state index contributed by atoms with van der Waals surface area (Å²) in [6.07, 6.45) is 3.05. The average molecular weight is 268 g/mol. The Morgan fingerprint density at radius 2 is 2.00 bits per heavy atom. The second kappa shape index (κ2) is 8.28. The molecule has 7 nitrogen and oxygen atoms in total. The molecular formula is C12H20N4O3. The molecule has 0 aliphatic heterocycles. The van der Waals surface area contributed by atoms with E-state index in [1.54, 1.807) is 13.2 Å². The zero-order chi connectivity index (χ0) is 14.1. The van der Waals surface area contributed by atoms with E-state index in [9.17, 15) is 10.1 Å². The summed E-state index contributed by atoms with van der Waals surface area (Å²) in [5.74, 6) is 5.28. The van der Waals surface area contributed by atoms with Gasteiger partial charge in [-0.25, -0.2) is 0 Å². The number of benzene rings is 1. The first-order valence-electron chi connectivity index (χ1n) is 6.16. The fourth-order valence-electron chi connectivity index (χ4n) is 1.68. The first-order chi connectivity index (χ1) is 9.17. The molecule has 0 aliphatic carbocycles. The summed E-state index contributed by atoms with van der Waals surface area (Å²) in [5.41, 5.74) is 3.63. The third-order valence-electron chi connectivity index (χ3n) is 2.65. The second-order valence-electron chi connectivity index (χ2n) is 4.15. The molecule has 19 heavy (non-hydrogen) atoms. The topological polar surface area (TPSA) is 102 Å². The largest absolute Gasteiger partial charge is 0.385 e. The number of methoxy groups -OCH3 is 1. The van der Waals surface area contributed by atoms with Crippen molar-refractivity contribution >= 4 is 17.1 Å². The van der Waals surface area contributed by atoms with Crippen LogP contribution in [0.5, 0.6) is 0 Å². The molecule has 0 amide bonds. The minimum Gasteiger partial charge on any atom is -0.385 e. The number of ether oxygens (including phenoxy) is 1. The highest BCUT2D eigenvalue weighted by atomic mass is 16.6. The number of hydrazine groups is 1.